The number of hydrazine groups is 1. The van der Waals surface area contributed by atoms with Crippen LogP contribution in [-0.2, 0) is 17.8 Å². The van der Waals surface area contributed by atoms with Gasteiger partial charge in [0.25, 0.3) is 0 Å². The molecule has 2 aromatic rings. The maximum atomic E-state index is 12.5. The lowest BCUT2D eigenvalue weighted by Crippen LogP contribution is -2.40. The van der Waals surface area contributed by atoms with Gasteiger partial charge in [0.1, 0.15) is 6.04 Å². The number of para-hydroxylation sites is 2. The van der Waals surface area contributed by atoms with E-state index in [0.717, 1.165) is 37.2 Å². The normalized spacial score (nSPS) is 22.0. The number of hydrogen-bond acceptors (Lipinski definition) is 4. The van der Waals surface area contributed by atoms with Crippen molar-refractivity contribution in [1.29, 1.82) is 0 Å². The molecule has 1 amide bonds. The Labute approximate surface area is 148 Å². The van der Waals surface area contributed by atoms with Crippen molar-refractivity contribution in [1.82, 2.24) is 10.9 Å². The number of carbonyl (C=O) groups is 1. The Hall–Kier alpha value is -2.37. The van der Waals surface area contributed by atoms with E-state index in [0.29, 0.717) is 6.04 Å². The fourth-order valence-corrected chi connectivity index (χ4v) is 3.66. The van der Waals surface area contributed by atoms with Crippen LogP contribution >= 0.6 is 0 Å². The van der Waals surface area contributed by atoms with Gasteiger partial charge in [-0.3, -0.25) is 10.2 Å². The van der Waals surface area contributed by atoms with E-state index in [1.165, 1.54) is 11.3 Å². The van der Waals surface area contributed by atoms with Gasteiger partial charge in [0.2, 0.25) is 5.91 Å². The zero-order valence-corrected chi connectivity index (χ0v) is 14.5. The van der Waals surface area contributed by atoms with Gasteiger partial charge in [-0.15, -0.1) is 0 Å². The molecule has 0 radical (unpaired) electrons. The van der Waals surface area contributed by atoms with Crippen LogP contribution in [0.5, 0.6) is 0 Å². The number of rotatable bonds is 4. The predicted molar refractivity (Wildman–Crippen MR) is 100 cm³/mol. The molecule has 2 unspecified atom stereocenters. The quantitative estimate of drug-likeness (QED) is 0.803. The van der Waals surface area contributed by atoms with Gasteiger partial charge in [-0.1, -0.05) is 36.4 Å². The molecular formula is C20H24N4O. The molecule has 25 heavy (non-hydrogen) atoms. The van der Waals surface area contributed by atoms with Gasteiger partial charge in [-0.05, 0) is 43.0 Å². The Morgan fingerprint density at radius 1 is 1.16 bits per heavy atom. The number of benzene rings is 2. The summed E-state index contributed by atoms with van der Waals surface area (Å²) in [5.41, 5.74) is 10.9. The van der Waals surface area contributed by atoms with E-state index in [-0.39, 0.29) is 11.9 Å². The van der Waals surface area contributed by atoms with Gasteiger partial charge in [-0.25, -0.2) is 5.43 Å². The summed E-state index contributed by atoms with van der Waals surface area (Å²) in [6.45, 7) is 3.90. The standard InChI is InChI=1S/C20H24N4O/c1-14-12-18(23-22-14)20(25)21-17-8-4-2-7-16(17)13-24-11-10-15-6-3-5-9-19(15)24/h2-9,14,18,22-23H,10-13H2,1H3,(H,21,25). The molecule has 0 aromatic heterocycles. The highest BCUT2D eigenvalue weighted by Crippen LogP contribution is 2.30. The average Bonchev–Trinajstić information content (AvgIpc) is 3.23. The molecule has 0 saturated carbocycles. The van der Waals surface area contributed by atoms with E-state index in [1.54, 1.807) is 0 Å². The third kappa shape index (κ3) is 3.38. The van der Waals surface area contributed by atoms with Gasteiger partial charge in [0, 0.05) is 30.5 Å². The molecule has 1 saturated heterocycles. The van der Waals surface area contributed by atoms with Crippen molar-refractivity contribution in [2.24, 2.45) is 0 Å². The van der Waals surface area contributed by atoms with Crippen LogP contribution in [0.2, 0.25) is 0 Å². The van der Waals surface area contributed by atoms with Crippen molar-refractivity contribution >= 4 is 17.3 Å². The maximum absolute atomic E-state index is 12.5. The van der Waals surface area contributed by atoms with Crippen LogP contribution in [0.4, 0.5) is 11.4 Å². The zero-order chi connectivity index (χ0) is 17.2. The van der Waals surface area contributed by atoms with E-state index >= 15 is 0 Å². The highest BCUT2D eigenvalue weighted by atomic mass is 16.2. The van der Waals surface area contributed by atoms with E-state index in [1.807, 2.05) is 18.2 Å². The lowest BCUT2D eigenvalue weighted by atomic mass is 10.1. The topological polar surface area (TPSA) is 56.4 Å². The average molecular weight is 336 g/mol. The lowest BCUT2D eigenvalue weighted by molar-refractivity contribution is -0.117. The Morgan fingerprint density at radius 2 is 1.96 bits per heavy atom. The highest BCUT2D eigenvalue weighted by molar-refractivity contribution is 5.95. The summed E-state index contributed by atoms with van der Waals surface area (Å²) in [6.07, 6.45) is 1.88. The molecular weight excluding hydrogens is 312 g/mol. The number of nitrogens with one attached hydrogen (secondary N) is 3. The first kappa shape index (κ1) is 16.1. The monoisotopic (exact) mass is 336 g/mol. The van der Waals surface area contributed by atoms with Crippen LogP contribution in [-0.4, -0.2) is 24.5 Å². The van der Waals surface area contributed by atoms with Gasteiger partial charge in [-0.2, -0.15) is 0 Å². The van der Waals surface area contributed by atoms with Gasteiger partial charge in [0.05, 0.1) is 0 Å². The second-order valence-electron chi connectivity index (χ2n) is 6.92. The molecule has 3 N–H and O–H groups in total. The van der Waals surface area contributed by atoms with Crippen molar-refractivity contribution in [2.45, 2.75) is 38.4 Å². The zero-order valence-electron chi connectivity index (χ0n) is 14.5. The molecule has 130 valence electrons. The first-order chi connectivity index (χ1) is 12.2. The Bertz CT molecular complexity index is 776. The molecule has 2 aliphatic rings. The summed E-state index contributed by atoms with van der Waals surface area (Å²) in [4.78, 5) is 14.9. The van der Waals surface area contributed by atoms with Crippen LogP contribution < -0.4 is 21.1 Å². The summed E-state index contributed by atoms with van der Waals surface area (Å²) in [6, 6.07) is 16.8. The van der Waals surface area contributed by atoms with Crippen LogP contribution in [0.1, 0.15) is 24.5 Å². The lowest BCUT2D eigenvalue weighted by Gasteiger charge is -2.22. The number of hydrogen-bond donors (Lipinski definition) is 3. The number of fused-ring (bicyclic) bond motifs is 1. The third-order valence-corrected chi connectivity index (χ3v) is 5.03. The summed E-state index contributed by atoms with van der Waals surface area (Å²) in [5, 5.41) is 3.10. The number of anilines is 2. The molecule has 1 fully saturated rings. The van der Waals surface area contributed by atoms with E-state index in [4.69, 9.17) is 0 Å². The largest absolute Gasteiger partial charge is 0.367 e. The fourth-order valence-electron chi connectivity index (χ4n) is 3.66. The molecule has 4 rings (SSSR count). The minimum Gasteiger partial charge on any atom is -0.367 e. The highest BCUT2D eigenvalue weighted by Gasteiger charge is 2.27. The van der Waals surface area contributed by atoms with E-state index < -0.39 is 0 Å². The maximum Gasteiger partial charge on any atom is 0.242 e. The van der Waals surface area contributed by atoms with Crippen LogP contribution in [0.3, 0.4) is 0 Å². The summed E-state index contributed by atoms with van der Waals surface area (Å²) >= 11 is 0. The third-order valence-electron chi connectivity index (χ3n) is 5.03. The van der Waals surface area contributed by atoms with Crippen LogP contribution in [0.25, 0.3) is 0 Å². The second kappa shape index (κ2) is 6.86. The van der Waals surface area contributed by atoms with E-state index in [2.05, 4.69) is 58.3 Å². The number of nitrogens with zero attached hydrogens (tertiary/aromatic N) is 1. The Balaban J connectivity index is 1.49. The second-order valence-corrected chi connectivity index (χ2v) is 6.92. The van der Waals surface area contributed by atoms with Gasteiger partial charge < -0.3 is 10.2 Å². The molecule has 0 aliphatic carbocycles. The molecule has 2 heterocycles. The summed E-state index contributed by atoms with van der Waals surface area (Å²) in [5.74, 6) is 0.0196. The summed E-state index contributed by atoms with van der Waals surface area (Å²) in [7, 11) is 0. The first-order valence-corrected chi connectivity index (χ1v) is 8.93. The van der Waals surface area contributed by atoms with Crippen molar-refractivity contribution < 1.29 is 4.79 Å². The van der Waals surface area contributed by atoms with E-state index in [9.17, 15) is 4.79 Å². The van der Waals surface area contributed by atoms with Crippen molar-refractivity contribution in [3.05, 3.63) is 59.7 Å². The predicted octanol–water partition coefficient (Wildman–Crippen LogP) is 2.44. The van der Waals surface area contributed by atoms with Crippen LogP contribution in [0, 0.1) is 0 Å². The molecule has 5 heteroatoms. The number of carbonyl (C=O) groups excluding carboxylic acids is 1. The number of amides is 1. The molecule has 0 spiro atoms. The van der Waals surface area contributed by atoms with Gasteiger partial charge >= 0.3 is 0 Å². The molecule has 5 nitrogen and oxygen atoms in total. The SMILES string of the molecule is CC1CC(C(=O)Nc2ccccc2CN2CCc3ccccc32)NN1. The molecule has 0 bridgehead atoms. The Kier molecular flexibility index (Phi) is 4.42. The molecule has 2 aromatic carbocycles. The first-order valence-electron chi connectivity index (χ1n) is 8.93. The summed E-state index contributed by atoms with van der Waals surface area (Å²) < 4.78 is 0. The minimum atomic E-state index is -0.185. The minimum absolute atomic E-state index is 0.0196. The molecule has 2 atom stereocenters. The smallest absolute Gasteiger partial charge is 0.242 e. The van der Waals surface area contributed by atoms with Crippen molar-refractivity contribution in [2.75, 3.05) is 16.8 Å². The van der Waals surface area contributed by atoms with Crippen LogP contribution in [0.15, 0.2) is 48.5 Å². The molecule has 2 aliphatic heterocycles. The Morgan fingerprint density at radius 3 is 2.80 bits per heavy atom. The van der Waals surface area contributed by atoms with Crippen molar-refractivity contribution in [3.63, 3.8) is 0 Å². The van der Waals surface area contributed by atoms with Crippen molar-refractivity contribution in [3.8, 4) is 0 Å². The van der Waals surface area contributed by atoms with Gasteiger partial charge in [0.15, 0.2) is 0 Å². The fraction of sp³-hybridized carbons (Fsp3) is 0.350.